The summed E-state index contributed by atoms with van der Waals surface area (Å²) in [4.78, 5) is 11.8. The van der Waals surface area contributed by atoms with Crippen LogP contribution in [0.2, 0.25) is 0 Å². The molecule has 1 aromatic rings. The second kappa shape index (κ2) is 6.25. The van der Waals surface area contributed by atoms with Crippen molar-refractivity contribution in [3.63, 3.8) is 0 Å². The fourth-order valence-corrected chi connectivity index (χ4v) is 1.64. The van der Waals surface area contributed by atoms with Crippen molar-refractivity contribution in [2.75, 3.05) is 12.3 Å². The molecule has 0 aliphatic carbocycles. The molecule has 0 heterocycles. The topological polar surface area (TPSA) is 75.3 Å². The molecule has 94 valence electrons. The smallest absolute Gasteiger partial charge is 0.251 e. The monoisotopic (exact) mass is 236 g/mol. The van der Waals surface area contributed by atoms with Gasteiger partial charge < -0.3 is 16.2 Å². The summed E-state index contributed by atoms with van der Waals surface area (Å²) in [6, 6.07) is 5.24. The van der Waals surface area contributed by atoms with Gasteiger partial charge in [-0.15, -0.1) is 0 Å². The summed E-state index contributed by atoms with van der Waals surface area (Å²) < 4.78 is 0. The first-order valence-electron chi connectivity index (χ1n) is 5.87. The van der Waals surface area contributed by atoms with Crippen LogP contribution in [0.1, 0.15) is 35.7 Å². The Morgan fingerprint density at radius 1 is 1.53 bits per heavy atom. The average molecular weight is 236 g/mol. The maximum atomic E-state index is 11.8. The maximum Gasteiger partial charge on any atom is 0.251 e. The van der Waals surface area contributed by atoms with E-state index in [0.717, 1.165) is 12.0 Å². The van der Waals surface area contributed by atoms with Crippen molar-refractivity contribution in [1.29, 1.82) is 0 Å². The number of amides is 1. The number of anilines is 1. The maximum absolute atomic E-state index is 11.8. The number of nitrogens with one attached hydrogen (secondary N) is 1. The summed E-state index contributed by atoms with van der Waals surface area (Å²) in [6.45, 7) is 4.08. The zero-order valence-electron chi connectivity index (χ0n) is 10.4. The van der Waals surface area contributed by atoms with Crippen molar-refractivity contribution in [2.45, 2.75) is 32.8 Å². The summed E-state index contributed by atoms with van der Waals surface area (Å²) in [5, 5.41) is 12.2. The van der Waals surface area contributed by atoms with E-state index in [9.17, 15) is 9.90 Å². The van der Waals surface area contributed by atoms with Gasteiger partial charge in [-0.05, 0) is 31.0 Å². The van der Waals surface area contributed by atoms with E-state index in [-0.39, 0.29) is 12.5 Å². The molecule has 0 saturated carbocycles. The van der Waals surface area contributed by atoms with Crippen molar-refractivity contribution in [1.82, 2.24) is 5.32 Å². The Bertz CT molecular complexity index is 391. The molecule has 0 bridgehead atoms. The largest absolute Gasteiger partial charge is 0.398 e. The summed E-state index contributed by atoms with van der Waals surface area (Å²) in [5.41, 5.74) is 7.67. The van der Waals surface area contributed by atoms with Crippen molar-refractivity contribution in [3.8, 4) is 0 Å². The van der Waals surface area contributed by atoms with Crippen LogP contribution in [-0.4, -0.2) is 23.7 Å². The molecule has 17 heavy (non-hydrogen) atoms. The molecular weight excluding hydrogens is 216 g/mol. The quantitative estimate of drug-likeness (QED) is 0.678. The van der Waals surface area contributed by atoms with Gasteiger partial charge in [0.05, 0.1) is 6.10 Å². The molecule has 0 aromatic heterocycles. The highest BCUT2D eigenvalue weighted by Gasteiger charge is 2.11. The Balaban J connectivity index is 2.61. The highest BCUT2D eigenvalue weighted by Crippen LogP contribution is 2.15. The van der Waals surface area contributed by atoms with Crippen molar-refractivity contribution in [3.05, 3.63) is 29.3 Å². The molecule has 0 aliphatic heterocycles. The predicted octanol–water partition coefficient (Wildman–Crippen LogP) is 1.47. The zero-order chi connectivity index (χ0) is 12.8. The van der Waals surface area contributed by atoms with E-state index in [0.29, 0.717) is 17.7 Å². The van der Waals surface area contributed by atoms with Crippen LogP contribution in [-0.2, 0) is 0 Å². The van der Waals surface area contributed by atoms with Crippen LogP contribution < -0.4 is 11.1 Å². The van der Waals surface area contributed by atoms with Crippen molar-refractivity contribution >= 4 is 11.6 Å². The first-order valence-corrected chi connectivity index (χ1v) is 5.87. The van der Waals surface area contributed by atoms with E-state index in [2.05, 4.69) is 5.32 Å². The van der Waals surface area contributed by atoms with Crippen molar-refractivity contribution < 1.29 is 9.90 Å². The molecule has 1 unspecified atom stereocenters. The van der Waals surface area contributed by atoms with E-state index in [1.165, 1.54) is 0 Å². The molecule has 1 aromatic carbocycles. The lowest BCUT2D eigenvalue weighted by Crippen LogP contribution is -2.32. The molecule has 1 rings (SSSR count). The minimum atomic E-state index is -0.481. The van der Waals surface area contributed by atoms with E-state index in [4.69, 9.17) is 5.73 Å². The number of carbonyl (C=O) groups is 1. The van der Waals surface area contributed by atoms with Crippen LogP contribution in [0.25, 0.3) is 0 Å². The van der Waals surface area contributed by atoms with E-state index in [1.807, 2.05) is 13.8 Å². The predicted molar refractivity (Wildman–Crippen MR) is 68.8 cm³/mol. The zero-order valence-corrected chi connectivity index (χ0v) is 10.4. The minimum absolute atomic E-state index is 0.190. The molecule has 1 atom stereocenters. The van der Waals surface area contributed by atoms with Crippen LogP contribution in [0.5, 0.6) is 0 Å². The lowest BCUT2D eigenvalue weighted by atomic mass is 10.1. The van der Waals surface area contributed by atoms with Gasteiger partial charge in [0.1, 0.15) is 0 Å². The third-order valence-corrected chi connectivity index (χ3v) is 2.74. The number of nitrogen functional groups attached to an aromatic ring is 1. The highest BCUT2D eigenvalue weighted by molar-refractivity contribution is 5.96. The molecule has 0 spiro atoms. The number of carbonyl (C=O) groups excluding carboxylic acids is 1. The molecule has 1 amide bonds. The number of aliphatic hydroxyl groups is 1. The lowest BCUT2D eigenvalue weighted by molar-refractivity contribution is 0.0909. The lowest BCUT2D eigenvalue weighted by Gasteiger charge is -2.12. The Kier molecular flexibility index (Phi) is 4.97. The fraction of sp³-hybridized carbons (Fsp3) is 0.462. The molecule has 4 N–H and O–H groups in total. The Hall–Kier alpha value is -1.55. The van der Waals surface area contributed by atoms with Crippen LogP contribution in [0, 0.1) is 6.92 Å². The normalized spacial score (nSPS) is 12.2. The molecular formula is C13H20N2O2. The molecule has 4 nitrogen and oxygen atoms in total. The second-order valence-electron chi connectivity index (χ2n) is 4.17. The van der Waals surface area contributed by atoms with Gasteiger partial charge in [0.15, 0.2) is 0 Å². The molecule has 0 aliphatic rings. The fourth-order valence-electron chi connectivity index (χ4n) is 1.64. The molecule has 0 saturated heterocycles. The summed E-state index contributed by atoms with van der Waals surface area (Å²) >= 11 is 0. The molecule has 0 radical (unpaired) electrons. The van der Waals surface area contributed by atoms with Crippen LogP contribution in [0.15, 0.2) is 18.2 Å². The Labute approximate surface area is 102 Å². The summed E-state index contributed by atoms with van der Waals surface area (Å²) in [6.07, 6.45) is 1.11. The van der Waals surface area contributed by atoms with Crippen LogP contribution in [0.3, 0.4) is 0 Å². The van der Waals surface area contributed by atoms with Gasteiger partial charge in [0, 0.05) is 17.8 Å². The van der Waals surface area contributed by atoms with Gasteiger partial charge >= 0.3 is 0 Å². The summed E-state index contributed by atoms with van der Waals surface area (Å²) in [5.74, 6) is -0.190. The SMILES string of the molecule is CCCC(O)CNC(=O)c1cccc(N)c1C. The van der Waals surface area contributed by atoms with E-state index < -0.39 is 6.10 Å². The number of hydrogen-bond donors (Lipinski definition) is 3. The van der Waals surface area contributed by atoms with E-state index in [1.54, 1.807) is 18.2 Å². The number of hydrogen-bond acceptors (Lipinski definition) is 3. The van der Waals surface area contributed by atoms with Gasteiger partial charge in [0.2, 0.25) is 0 Å². The van der Waals surface area contributed by atoms with Crippen LogP contribution >= 0.6 is 0 Å². The van der Waals surface area contributed by atoms with Gasteiger partial charge in [-0.1, -0.05) is 19.4 Å². The molecule has 4 heteroatoms. The van der Waals surface area contributed by atoms with E-state index >= 15 is 0 Å². The highest BCUT2D eigenvalue weighted by atomic mass is 16.3. The van der Waals surface area contributed by atoms with Gasteiger partial charge in [-0.3, -0.25) is 4.79 Å². The number of rotatable bonds is 5. The summed E-state index contributed by atoms with van der Waals surface area (Å²) in [7, 11) is 0. The second-order valence-corrected chi connectivity index (χ2v) is 4.17. The van der Waals surface area contributed by atoms with Gasteiger partial charge in [-0.25, -0.2) is 0 Å². The minimum Gasteiger partial charge on any atom is -0.398 e. The van der Waals surface area contributed by atoms with Crippen LogP contribution in [0.4, 0.5) is 5.69 Å². The Morgan fingerprint density at radius 2 is 2.24 bits per heavy atom. The molecule has 0 fully saturated rings. The third kappa shape index (κ3) is 3.75. The van der Waals surface area contributed by atoms with Gasteiger partial charge in [-0.2, -0.15) is 0 Å². The third-order valence-electron chi connectivity index (χ3n) is 2.74. The number of aliphatic hydroxyl groups excluding tert-OH is 1. The average Bonchev–Trinajstić information content (AvgIpc) is 2.30. The first kappa shape index (κ1) is 13.5. The first-order chi connectivity index (χ1) is 8.06. The Morgan fingerprint density at radius 3 is 2.88 bits per heavy atom. The van der Waals surface area contributed by atoms with Crippen molar-refractivity contribution in [2.24, 2.45) is 0 Å². The standard InChI is InChI=1S/C13H20N2O2/c1-3-5-10(16)8-15-13(17)11-6-4-7-12(14)9(11)2/h4,6-7,10,16H,3,5,8,14H2,1-2H3,(H,15,17). The number of nitrogens with two attached hydrogens (primary N) is 1. The number of benzene rings is 1. The van der Waals surface area contributed by atoms with Gasteiger partial charge in [0.25, 0.3) is 5.91 Å².